The highest BCUT2D eigenvalue weighted by Crippen LogP contribution is 2.24. The van der Waals surface area contributed by atoms with Gasteiger partial charge in [0.05, 0.1) is 24.4 Å². The van der Waals surface area contributed by atoms with Gasteiger partial charge in [-0.15, -0.1) is 0 Å². The van der Waals surface area contributed by atoms with E-state index >= 15 is 0 Å². The van der Waals surface area contributed by atoms with E-state index in [1.54, 1.807) is 31.2 Å². The smallest absolute Gasteiger partial charge is 0.340 e. The van der Waals surface area contributed by atoms with Gasteiger partial charge in [0, 0.05) is 0 Å². The van der Waals surface area contributed by atoms with E-state index in [0.717, 1.165) is 5.75 Å². The molecule has 2 N–H and O–H groups in total. The lowest BCUT2D eigenvalue weighted by molar-refractivity contribution is 0.0527. The van der Waals surface area contributed by atoms with Crippen LogP contribution in [0.15, 0.2) is 48.5 Å². The van der Waals surface area contributed by atoms with Gasteiger partial charge in [-0.2, -0.15) is 0 Å². The molecule has 0 radical (unpaired) electrons. The van der Waals surface area contributed by atoms with Crippen LogP contribution in [-0.2, 0) is 10.2 Å². The number of esters is 1. The van der Waals surface area contributed by atoms with Crippen molar-refractivity contribution in [3.05, 3.63) is 59.7 Å². The predicted molar refractivity (Wildman–Crippen MR) is 110 cm³/mol. The second kappa shape index (κ2) is 9.78. The SMILES string of the molecule is CCOC(=O)c1ccccc1NC(=O)NCCOc1ccc(C(C)(C)C)cc1. The highest BCUT2D eigenvalue weighted by Gasteiger charge is 2.14. The van der Waals surface area contributed by atoms with E-state index in [1.807, 2.05) is 24.3 Å². The van der Waals surface area contributed by atoms with Gasteiger partial charge in [-0.25, -0.2) is 9.59 Å². The van der Waals surface area contributed by atoms with E-state index < -0.39 is 12.0 Å². The van der Waals surface area contributed by atoms with E-state index in [-0.39, 0.29) is 12.0 Å². The van der Waals surface area contributed by atoms with Gasteiger partial charge in [0.15, 0.2) is 0 Å². The van der Waals surface area contributed by atoms with Gasteiger partial charge in [-0.1, -0.05) is 45.0 Å². The summed E-state index contributed by atoms with van der Waals surface area (Å²) in [4.78, 5) is 24.0. The number of para-hydroxylation sites is 1. The number of carbonyl (C=O) groups is 2. The Labute approximate surface area is 166 Å². The maximum absolute atomic E-state index is 12.1. The standard InChI is InChI=1S/C22H28N2O4/c1-5-27-20(25)18-8-6-7-9-19(18)24-21(26)23-14-15-28-17-12-10-16(11-13-17)22(2,3)4/h6-13H,5,14-15H2,1-4H3,(H2,23,24,26). The topological polar surface area (TPSA) is 76.7 Å². The molecule has 150 valence electrons. The van der Waals surface area contributed by atoms with Gasteiger partial charge in [0.2, 0.25) is 0 Å². The molecule has 2 aromatic carbocycles. The summed E-state index contributed by atoms with van der Waals surface area (Å²) in [5.74, 6) is 0.281. The second-order valence-electron chi connectivity index (χ2n) is 7.27. The molecule has 0 aliphatic rings. The average Bonchev–Trinajstić information content (AvgIpc) is 2.65. The molecule has 0 heterocycles. The first-order valence-electron chi connectivity index (χ1n) is 9.35. The molecular formula is C22H28N2O4. The summed E-state index contributed by atoms with van der Waals surface area (Å²) in [7, 11) is 0. The molecule has 0 spiro atoms. The first kappa shape index (κ1) is 21.3. The molecule has 0 aromatic heterocycles. The summed E-state index contributed by atoms with van der Waals surface area (Å²) in [5.41, 5.74) is 2.04. The lowest BCUT2D eigenvalue weighted by Crippen LogP contribution is -2.32. The van der Waals surface area contributed by atoms with Crippen molar-refractivity contribution in [2.75, 3.05) is 25.1 Å². The van der Waals surface area contributed by atoms with Crippen molar-refractivity contribution < 1.29 is 19.1 Å². The first-order chi connectivity index (χ1) is 13.3. The van der Waals surface area contributed by atoms with Gasteiger partial charge in [-0.3, -0.25) is 0 Å². The number of nitrogens with one attached hydrogen (secondary N) is 2. The van der Waals surface area contributed by atoms with Crippen molar-refractivity contribution in [2.24, 2.45) is 0 Å². The third-order valence-corrected chi connectivity index (χ3v) is 4.05. The summed E-state index contributed by atoms with van der Waals surface area (Å²) in [5, 5.41) is 5.37. The zero-order valence-corrected chi connectivity index (χ0v) is 16.9. The molecule has 0 atom stereocenters. The Balaban J connectivity index is 1.80. The van der Waals surface area contributed by atoms with E-state index in [0.29, 0.717) is 24.4 Å². The Morgan fingerprint density at radius 2 is 1.68 bits per heavy atom. The number of hydrogen-bond acceptors (Lipinski definition) is 4. The molecule has 2 rings (SSSR count). The molecule has 6 heteroatoms. The van der Waals surface area contributed by atoms with Crippen LogP contribution in [0.5, 0.6) is 5.75 Å². The number of amides is 2. The van der Waals surface area contributed by atoms with Crippen molar-refractivity contribution >= 4 is 17.7 Å². The van der Waals surface area contributed by atoms with E-state index in [1.165, 1.54) is 5.56 Å². The molecule has 0 bridgehead atoms. The molecule has 2 amide bonds. The molecule has 2 aromatic rings. The number of carbonyl (C=O) groups excluding carboxylic acids is 2. The molecule has 0 unspecified atom stereocenters. The molecule has 0 fully saturated rings. The van der Waals surface area contributed by atoms with Crippen LogP contribution in [0.1, 0.15) is 43.6 Å². The first-order valence-corrected chi connectivity index (χ1v) is 9.35. The van der Waals surface area contributed by atoms with Gasteiger partial charge in [-0.05, 0) is 42.2 Å². The van der Waals surface area contributed by atoms with Gasteiger partial charge < -0.3 is 20.1 Å². The van der Waals surface area contributed by atoms with E-state index in [9.17, 15) is 9.59 Å². The third kappa shape index (κ3) is 6.30. The number of ether oxygens (including phenoxy) is 2. The fraction of sp³-hybridized carbons (Fsp3) is 0.364. The van der Waals surface area contributed by atoms with Gasteiger partial charge in [0.25, 0.3) is 0 Å². The molecule has 0 aliphatic heterocycles. The largest absolute Gasteiger partial charge is 0.492 e. The van der Waals surface area contributed by atoms with Crippen LogP contribution >= 0.6 is 0 Å². The Hall–Kier alpha value is -3.02. The van der Waals surface area contributed by atoms with Crippen molar-refractivity contribution in [3.63, 3.8) is 0 Å². The van der Waals surface area contributed by atoms with Gasteiger partial charge >= 0.3 is 12.0 Å². The summed E-state index contributed by atoms with van der Waals surface area (Å²) in [6.45, 7) is 9.14. The Bertz CT molecular complexity index is 795. The fourth-order valence-electron chi connectivity index (χ4n) is 2.53. The molecule has 0 aliphatic carbocycles. The zero-order chi connectivity index (χ0) is 20.6. The second-order valence-corrected chi connectivity index (χ2v) is 7.27. The monoisotopic (exact) mass is 384 g/mol. The van der Waals surface area contributed by atoms with Crippen LogP contribution in [0.2, 0.25) is 0 Å². The summed E-state index contributed by atoms with van der Waals surface area (Å²) in [6.07, 6.45) is 0. The highest BCUT2D eigenvalue weighted by atomic mass is 16.5. The summed E-state index contributed by atoms with van der Waals surface area (Å²) < 4.78 is 10.6. The van der Waals surface area contributed by atoms with Crippen molar-refractivity contribution in [2.45, 2.75) is 33.1 Å². The Kier molecular flexibility index (Phi) is 7.44. The van der Waals surface area contributed by atoms with E-state index in [4.69, 9.17) is 9.47 Å². The van der Waals surface area contributed by atoms with Crippen molar-refractivity contribution in [1.29, 1.82) is 0 Å². The Morgan fingerprint density at radius 1 is 1.00 bits per heavy atom. The van der Waals surface area contributed by atoms with Gasteiger partial charge in [0.1, 0.15) is 12.4 Å². The number of hydrogen-bond donors (Lipinski definition) is 2. The minimum absolute atomic E-state index is 0.0953. The van der Waals surface area contributed by atoms with Crippen LogP contribution in [0, 0.1) is 0 Å². The molecule has 0 saturated heterocycles. The lowest BCUT2D eigenvalue weighted by atomic mass is 9.87. The molecule has 28 heavy (non-hydrogen) atoms. The predicted octanol–water partition coefficient (Wildman–Crippen LogP) is 4.36. The zero-order valence-electron chi connectivity index (χ0n) is 16.9. The van der Waals surface area contributed by atoms with E-state index in [2.05, 4.69) is 31.4 Å². The Morgan fingerprint density at radius 3 is 2.32 bits per heavy atom. The van der Waals surface area contributed by atoms with Crippen LogP contribution < -0.4 is 15.4 Å². The van der Waals surface area contributed by atoms with Crippen LogP contribution in [0.3, 0.4) is 0 Å². The summed E-state index contributed by atoms with van der Waals surface area (Å²) >= 11 is 0. The molecular weight excluding hydrogens is 356 g/mol. The lowest BCUT2D eigenvalue weighted by Gasteiger charge is -2.19. The van der Waals surface area contributed by atoms with Crippen molar-refractivity contribution in [1.82, 2.24) is 5.32 Å². The number of urea groups is 1. The molecule has 0 saturated carbocycles. The number of rotatable bonds is 7. The van der Waals surface area contributed by atoms with Crippen LogP contribution in [0.25, 0.3) is 0 Å². The average molecular weight is 384 g/mol. The maximum atomic E-state index is 12.1. The fourth-order valence-corrected chi connectivity index (χ4v) is 2.53. The third-order valence-electron chi connectivity index (χ3n) is 4.05. The maximum Gasteiger partial charge on any atom is 0.340 e. The van der Waals surface area contributed by atoms with Crippen LogP contribution in [-0.4, -0.2) is 31.8 Å². The number of benzene rings is 2. The van der Waals surface area contributed by atoms with Crippen LogP contribution in [0.4, 0.5) is 10.5 Å². The normalized spacial score (nSPS) is 10.9. The quantitative estimate of drug-likeness (QED) is 0.549. The minimum atomic E-state index is -0.472. The highest BCUT2D eigenvalue weighted by molar-refractivity contribution is 6.00. The molecule has 6 nitrogen and oxygen atoms in total. The van der Waals surface area contributed by atoms with Crippen molar-refractivity contribution in [3.8, 4) is 5.75 Å². The summed E-state index contributed by atoms with van der Waals surface area (Å²) in [6, 6.07) is 14.2. The minimum Gasteiger partial charge on any atom is -0.492 e. The number of anilines is 1.